The van der Waals surface area contributed by atoms with Crippen LogP contribution in [0.15, 0.2) is 54.9 Å². The molecule has 26 heavy (non-hydrogen) atoms. The van der Waals surface area contributed by atoms with Crippen molar-refractivity contribution in [3.63, 3.8) is 0 Å². The lowest BCUT2D eigenvalue weighted by molar-refractivity contribution is -0.134. The van der Waals surface area contributed by atoms with Crippen LogP contribution in [0.4, 0.5) is 0 Å². The zero-order valence-electron chi connectivity index (χ0n) is 15.2. The molecule has 5 heteroatoms. The summed E-state index contributed by atoms with van der Waals surface area (Å²) in [6.07, 6.45) is 3.89. The normalized spacial score (nSPS) is 19.8. The van der Waals surface area contributed by atoms with Gasteiger partial charge in [0.1, 0.15) is 0 Å². The molecule has 2 aromatic carbocycles. The lowest BCUT2D eigenvalue weighted by atomic mass is 9.89. The van der Waals surface area contributed by atoms with Crippen LogP contribution in [0, 0.1) is 5.92 Å². The first-order chi connectivity index (χ1) is 12.6. The third-order valence-corrected chi connectivity index (χ3v) is 5.35. The van der Waals surface area contributed by atoms with Gasteiger partial charge in [0.05, 0.1) is 12.1 Å². The first-order valence-corrected chi connectivity index (χ1v) is 9.04. The van der Waals surface area contributed by atoms with Crippen LogP contribution in [0.2, 0.25) is 0 Å². The summed E-state index contributed by atoms with van der Waals surface area (Å²) in [5.74, 6) is 0.335. The molecule has 1 aliphatic rings. The van der Waals surface area contributed by atoms with Gasteiger partial charge < -0.3 is 10.2 Å². The average molecular weight is 348 g/mol. The lowest BCUT2D eigenvalue weighted by Crippen LogP contribution is -2.35. The van der Waals surface area contributed by atoms with Crippen LogP contribution >= 0.6 is 0 Å². The number of rotatable bonds is 4. The first-order valence-electron chi connectivity index (χ1n) is 9.04. The molecule has 0 aliphatic carbocycles. The van der Waals surface area contributed by atoms with Crippen molar-refractivity contribution >= 4 is 16.7 Å². The fourth-order valence-electron chi connectivity index (χ4n) is 3.97. The van der Waals surface area contributed by atoms with Crippen molar-refractivity contribution in [1.29, 1.82) is 0 Å². The summed E-state index contributed by atoms with van der Waals surface area (Å²) in [5, 5.41) is 10.1. The van der Waals surface area contributed by atoms with Gasteiger partial charge in [0.15, 0.2) is 0 Å². The Morgan fingerprint density at radius 2 is 2.04 bits per heavy atom. The van der Waals surface area contributed by atoms with E-state index in [2.05, 4.69) is 40.7 Å². The van der Waals surface area contributed by atoms with Crippen LogP contribution in [0.25, 0.3) is 10.8 Å². The molecule has 3 aromatic rings. The van der Waals surface area contributed by atoms with Gasteiger partial charge in [-0.3, -0.25) is 9.48 Å². The van der Waals surface area contributed by atoms with Crippen molar-refractivity contribution in [3.8, 4) is 0 Å². The number of nitrogens with zero attached hydrogens (tertiary/aromatic N) is 3. The minimum Gasteiger partial charge on any atom is -0.341 e. The van der Waals surface area contributed by atoms with E-state index in [9.17, 15) is 4.79 Å². The maximum Gasteiger partial charge on any atom is 0.227 e. The van der Waals surface area contributed by atoms with Crippen LogP contribution in [-0.2, 0) is 18.4 Å². The number of carbonyl (C=O) groups is 1. The molecular formula is C21H24N4O. The van der Waals surface area contributed by atoms with Crippen LogP contribution in [-0.4, -0.2) is 40.7 Å². The fourth-order valence-corrected chi connectivity index (χ4v) is 3.97. The Hall–Kier alpha value is -2.66. The van der Waals surface area contributed by atoms with Crippen LogP contribution in [0.5, 0.6) is 0 Å². The van der Waals surface area contributed by atoms with E-state index in [1.165, 1.54) is 16.3 Å². The van der Waals surface area contributed by atoms with Gasteiger partial charge in [0, 0.05) is 45.8 Å². The quantitative estimate of drug-likeness (QED) is 0.788. The minimum absolute atomic E-state index is 0.0424. The van der Waals surface area contributed by atoms with Gasteiger partial charge in [0.2, 0.25) is 5.91 Å². The van der Waals surface area contributed by atoms with Gasteiger partial charge in [-0.1, -0.05) is 42.5 Å². The highest BCUT2D eigenvalue weighted by Gasteiger charge is 2.36. The molecule has 0 saturated carbocycles. The highest BCUT2D eigenvalue weighted by molar-refractivity contribution is 5.86. The van der Waals surface area contributed by atoms with Crippen molar-refractivity contribution in [2.24, 2.45) is 13.0 Å². The summed E-state index contributed by atoms with van der Waals surface area (Å²) < 4.78 is 1.80. The van der Waals surface area contributed by atoms with Crippen molar-refractivity contribution in [1.82, 2.24) is 20.0 Å². The van der Waals surface area contributed by atoms with Crippen molar-refractivity contribution in [3.05, 3.63) is 66.0 Å². The van der Waals surface area contributed by atoms with Crippen LogP contribution in [0.1, 0.15) is 17.0 Å². The number of benzene rings is 2. The van der Waals surface area contributed by atoms with Gasteiger partial charge in [-0.15, -0.1) is 0 Å². The van der Waals surface area contributed by atoms with Gasteiger partial charge in [-0.25, -0.2) is 0 Å². The molecule has 0 unspecified atom stereocenters. The van der Waals surface area contributed by atoms with E-state index in [4.69, 9.17) is 0 Å². The van der Waals surface area contributed by atoms with Gasteiger partial charge in [-0.2, -0.15) is 5.10 Å². The van der Waals surface area contributed by atoms with Crippen molar-refractivity contribution in [2.75, 3.05) is 20.1 Å². The molecule has 1 saturated heterocycles. The Balaban J connectivity index is 1.54. The number of aromatic nitrogens is 2. The molecule has 0 spiro atoms. The first kappa shape index (κ1) is 16.8. The largest absolute Gasteiger partial charge is 0.341 e. The van der Waals surface area contributed by atoms with E-state index in [0.29, 0.717) is 6.54 Å². The van der Waals surface area contributed by atoms with E-state index in [-0.39, 0.29) is 17.7 Å². The number of nitrogens with one attached hydrogen (secondary N) is 1. The van der Waals surface area contributed by atoms with Crippen molar-refractivity contribution in [2.45, 2.75) is 12.5 Å². The zero-order chi connectivity index (χ0) is 18.1. The molecule has 1 fully saturated rings. The third kappa shape index (κ3) is 3.10. The molecule has 1 aromatic heterocycles. The van der Waals surface area contributed by atoms with E-state index >= 15 is 0 Å². The highest BCUT2D eigenvalue weighted by atomic mass is 16.2. The molecule has 1 N–H and O–H groups in total. The van der Waals surface area contributed by atoms with Crippen LogP contribution in [0.3, 0.4) is 0 Å². The molecule has 0 bridgehead atoms. The molecule has 134 valence electrons. The number of fused-ring (bicyclic) bond motifs is 1. The Bertz CT molecular complexity index is 927. The average Bonchev–Trinajstić information content (AvgIpc) is 3.30. The molecule has 0 radical (unpaired) electrons. The topological polar surface area (TPSA) is 50.2 Å². The maximum absolute atomic E-state index is 13.1. The summed E-state index contributed by atoms with van der Waals surface area (Å²) in [6.45, 7) is 2.17. The van der Waals surface area contributed by atoms with Crippen molar-refractivity contribution < 1.29 is 4.79 Å². The predicted molar refractivity (Wildman–Crippen MR) is 103 cm³/mol. The fraction of sp³-hybridized carbons (Fsp3) is 0.333. The lowest BCUT2D eigenvalue weighted by Gasteiger charge is -2.24. The summed E-state index contributed by atoms with van der Waals surface area (Å²) in [7, 11) is 3.82. The molecule has 2 heterocycles. The summed E-state index contributed by atoms with van der Waals surface area (Å²) >= 11 is 0. The summed E-state index contributed by atoms with van der Waals surface area (Å²) in [4.78, 5) is 15.0. The molecule has 2 atom stereocenters. The van der Waals surface area contributed by atoms with E-state index in [1.54, 1.807) is 4.68 Å². The molecule has 1 aliphatic heterocycles. The molecular weight excluding hydrogens is 324 g/mol. The van der Waals surface area contributed by atoms with Crippen LogP contribution < -0.4 is 5.32 Å². The Kier molecular flexibility index (Phi) is 4.47. The number of hydrogen-bond donors (Lipinski definition) is 1. The van der Waals surface area contributed by atoms with Gasteiger partial charge >= 0.3 is 0 Å². The number of hydrogen-bond acceptors (Lipinski definition) is 3. The van der Waals surface area contributed by atoms with E-state index < -0.39 is 0 Å². The third-order valence-electron chi connectivity index (χ3n) is 5.35. The second-order valence-electron chi connectivity index (χ2n) is 7.15. The number of aryl methyl sites for hydroxylation is 1. The zero-order valence-corrected chi connectivity index (χ0v) is 15.2. The summed E-state index contributed by atoms with van der Waals surface area (Å²) in [6, 6.07) is 14.6. The minimum atomic E-state index is -0.0424. The Morgan fingerprint density at radius 3 is 2.85 bits per heavy atom. The SMILES string of the molecule is CN(Cc1cccc2ccccc12)C(=O)[C@H]1CNC[C@@H]1c1cnn(C)c1. The molecule has 5 nitrogen and oxygen atoms in total. The second kappa shape index (κ2) is 6.92. The highest BCUT2D eigenvalue weighted by Crippen LogP contribution is 2.30. The second-order valence-corrected chi connectivity index (χ2v) is 7.15. The van der Waals surface area contributed by atoms with Gasteiger partial charge in [-0.05, 0) is 21.9 Å². The van der Waals surface area contributed by atoms with E-state index in [1.807, 2.05) is 43.5 Å². The standard InChI is InChI=1S/C21H24N4O/c1-24(13-16-8-5-7-15-6-3-4-9-18(15)16)21(26)20-12-22-11-19(20)17-10-23-25(2)14-17/h3-10,14,19-20,22H,11-13H2,1-2H3/t19-,20+/m1/s1. The maximum atomic E-state index is 13.1. The van der Waals surface area contributed by atoms with Gasteiger partial charge in [0.25, 0.3) is 0 Å². The smallest absolute Gasteiger partial charge is 0.227 e. The number of amides is 1. The monoisotopic (exact) mass is 348 g/mol. The van der Waals surface area contributed by atoms with E-state index in [0.717, 1.165) is 18.7 Å². The molecule has 4 rings (SSSR count). The Morgan fingerprint density at radius 1 is 1.23 bits per heavy atom. The number of carbonyl (C=O) groups excluding carboxylic acids is 1. The Labute approximate surface area is 153 Å². The summed E-state index contributed by atoms with van der Waals surface area (Å²) in [5.41, 5.74) is 2.32. The molecule has 1 amide bonds. The predicted octanol–water partition coefficient (Wildman–Crippen LogP) is 2.53.